The SMILES string of the molecule is COc1ccc(CC(=O)N[C@@H](CC(C)C)c2ccccc2)cc1C. The van der Waals surface area contributed by atoms with Crippen molar-refractivity contribution in [2.45, 2.75) is 39.7 Å². The maximum absolute atomic E-state index is 12.5. The summed E-state index contributed by atoms with van der Waals surface area (Å²) in [5.74, 6) is 1.41. The van der Waals surface area contributed by atoms with Gasteiger partial charge in [0.15, 0.2) is 0 Å². The van der Waals surface area contributed by atoms with E-state index in [0.717, 1.165) is 28.9 Å². The van der Waals surface area contributed by atoms with Crippen LogP contribution in [0.4, 0.5) is 0 Å². The van der Waals surface area contributed by atoms with Gasteiger partial charge in [-0.1, -0.05) is 56.3 Å². The summed E-state index contributed by atoms with van der Waals surface area (Å²) < 4.78 is 5.27. The Labute approximate surface area is 145 Å². The first kappa shape index (κ1) is 18.1. The van der Waals surface area contributed by atoms with Crippen molar-refractivity contribution in [1.29, 1.82) is 0 Å². The number of carbonyl (C=O) groups is 1. The minimum atomic E-state index is 0.0501. The van der Waals surface area contributed by atoms with Crippen LogP contribution in [0.5, 0.6) is 5.75 Å². The van der Waals surface area contributed by atoms with Crippen molar-refractivity contribution < 1.29 is 9.53 Å². The molecule has 0 aliphatic heterocycles. The molecule has 2 rings (SSSR count). The monoisotopic (exact) mass is 325 g/mol. The normalized spacial score (nSPS) is 12.0. The van der Waals surface area contributed by atoms with Crippen molar-refractivity contribution in [3.05, 3.63) is 65.2 Å². The van der Waals surface area contributed by atoms with E-state index in [1.165, 1.54) is 0 Å². The molecule has 0 saturated carbocycles. The fraction of sp³-hybridized carbons (Fsp3) is 0.381. The molecule has 0 aliphatic rings. The van der Waals surface area contributed by atoms with Crippen LogP contribution in [0.3, 0.4) is 0 Å². The molecule has 0 spiro atoms. The molecule has 0 unspecified atom stereocenters. The van der Waals surface area contributed by atoms with Gasteiger partial charge in [-0.2, -0.15) is 0 Å². The van der Waals surface area contributed by atoms with Gasteiger partial charge in [-0.05, 0) is 42.0 Å². The smallest absolute Gasteiger partial charge is 0.224 e. The highest BCUT2D eigenvalue weighted by Gasteiger charge is 2.16. The summed E-state index contributed by atoms with van der Waals surface area (Å²) in [5.41, 5.74) is 3.21. The Balaban J connectivity index is 2.06. The van der Waals surface area contributed by atoms with Gasteiger partial charge >= 0.3 is 0 Å². The number of aryl methyl sites for hydroxylation is 1. The van der Waals surface area contributed by atoms with Crippen LogP contribution >= 0.6 is 0 Å². The molecule has 0 heterocycles. The molecular formula is C21H27NO2. The van der Waals surface area contributed by atoms with Crippen LogP contribution in [0.2, 0.25) is 0 Å². The first-order valence-electron chi connectivity index (χ1n) is 8.47. The van der Waals surface area contributed by atoms with Gasteiger partial charge in [0, 0.05) is 0 Å². The lowest BCUT2D eigenvalue weighted by Gasteiger charge is -2.21. The van der Waals surface area contributed by atoms with Gasteiger partial charge in [-0.25, -0.2) is 0 Å². The molecule has 1 N–H and O–H groups in total. The van der Waals surface area contributed by atoms with Gasteiger partial charge in [-0.15, -0.1) is 0 Å². The van der Waals surface area contributed by atoms with Gasteiger partial charge in [0.2, 0.25) is 5.91 Å². The highest BCUT2D eigenvalue weighted by Crippen LogP contribution is 2.22. The number of benzene rings is 2. The van der Waals surface area contributed by atoms with Crippen molar-refractivity contribution in [3.8, 4) is 5.75 Å². The second kappa shape index (κ2) is 8.53. The third-order valence-electron chi connectivity index (χ3n) is 4.07. The Kier molecular flexibility index (Phi) is 6.42. The van der Waals surface area contributed by atoms with E-state index in [4.69, 9.17) is 4.74 Å². The molecule has 2 aromatic rings. The number of methoxy groups -OCH3 is 1. The molecule has 3 heteroatoms. The van der Waals surface area contributed by atoms with Crippen LogP contribution in [-0.2, 0) is 11.2 Å². The average Bonchev–Trinajstić information content (AvgIpc) is 2.55. The molecule has 0 aromatic heterocycles. The van der Waals surface area contributed by atoms with Crippen molar-refractivity contribution >= 4 is 5.91 Å². The quantitative estimate of drug-likeness (QED) is 0.817. The largest absolute Gasteiger partial charge is 0.496 e. The summed E-state index contributed by atoms with van der Waals surface area (Å²) in [6.07, 6.45) is 1.31. The third kappa shape index (κ3) is 5.12. The molecule has 0 radical (unpaired) electrons. The topological polar surface area (TPSA) is 38.3 Å². The molecule has 1 amide bonds. The first-order valence-corrected chi connectivity index (χ1v) is 8.47. The number of ether oxygens (including phenoxy) is 1. The second-order valence-corrected chi connectivity index (χ2v) is 6.64. The molecule has 1 atom stereocenters. The Bertz CT molecular complexity index is 665. The predicted octanol–water partition coefficient (Wildman–Crippen LogP) is 4.45. The maximum atomic E-state index is 12.5. The summed E-state index contributed by atoms with van der Waals surface area (Å²) in [5, 5.41) is 3.19. The molecule has 0 bridgehead atoms. The number of amides is 1. The highest BCUT2D eigenvalue weighted by molar-refractivity contribution is 5.79. The Morgan fingerprint density at radius 1 is 1.12 bits per heavy atom. The zero-order valence-electron chi connectivity index (χ0n) is 15.0. The Hall–Kier alpha value is -2.29. The molecule has 128 valence electrons. The van der Waals surface area contributed by atoms with E-state index in [1.807, 2.05) is 43.3 Å². The zero-order chi connectivity index (χ0) is 17.5. The number of carbonyl (C=O) groups excluding carboxylic acids is 1. The number of hydrogen-bond acceptors (Lipinski definition) is 2. The van der Waals surface area contributed by atoms with Crippen molar-refractivity contribution in [2.75, 3.05) is 7.11 Å². The maximum Gasteiger partial charge on any atom is 0.224 e. The summed E-state index contributed by atoms with van der Waals surface area (Å²) in [4.78, 5) is 12.5. The van der Waals surface area contributed by atoms with Crippen LogP contribution in [0, 0.1) is 12.8 Å². The molecule has 0 fully saturated rings. The van der Waals surface area contributed by atoms with E-state index < -0.39 is 0 Å². The summed E-state index contributed by atoms with van der Waals surface area (Å²) in [6.45, 7) is 6.34. The van der Waals surface area contributed by atoms with Crippen LogP contribution in [0.25, 0.3) is 0 Å². The summed E-state index contributed by atoms with van der Waals surface area (Å²) in [6, 6.07) is 16.1. The number of hydrogen-bond donors (Lipinski definition) is 1. The van der Waals surface area contributed by atoms with E-state index in [1.54, 1.807) is 7.11 Å². The minimum absolute atomic E-state index is 0.0501. The van der Waals surface area contributed by atoms with Crippen molar-refractivity contribution in [1.82, 2.24) is 5.32 Å². The Morgan fingerprint density at radius 2 is 1.83 bits per heavy atom. The molecular weight excluding hydrogens is 298 g/mol. The lowest BCUT2D eigenvalue weighted by atomic mass is 9.96. The van der Waals surface area contributed by atoms with E-state index in [9.17, 15) is 4.79 Å². The summed E-state index contributed by atoms with van der Waals surface area (Å²) >= 11 is 0. The predicted molar refractivity (Wildman–Crippen MR) is 98.2 cm³/mol. The number of nitrogens with one attached hydrogen (secondary N) is 1. The van der Waals surface area contributed by atoms with Crippen LogP contribution in [-0.4, -0.2) is 13.0 Å². The molecule has 24 heavy (non-hydrogen) atoms. The fourth-order valence-electron chi connectivity index (χ4n) is 2.92. The Morgan fingerprint density at radius 3 is 2.42 bits per heavy atom. The van der Waals surface area contributed by atoms with Gasteiger partial charge in [0.25, 0.3) is 0 Å². The minimum Gasteiger partial charge on any atom is -0.496 e. The van der Waals surface area contributed by atoms with E-state index in [0.29, 0.717) is 12.3 Å². The van der Waals surface area contributed by atoms with Gasteiger partial charge < -0.3 is 10.1 Å². The first-order chi connectivity index (χ1) is 11.5. The number of rotatable bonds is 7. The van der Waals surface area contributed by atoms with E-state index in [2.05, 4.69) is 31.3 Å². The van der Waals surface area contributed by atoms with E-state index >= 15 is 0 Å². The van der Waals surface area contributed by atoms with E-state index in [-0.39, 0.29) is 11.9 Å². The van der Waals surface area contributed by atoms with Gasteiger partial charge in [-0.3, -0.25) is 4.79 Å². The molecule has 0 aliphatic carbocycles. The second-order valence-electron chi connectivity index (χ2n) is 6.64. The average molecular weight is 325 g/mol. The van der Waals surface area contributed by atoms with Crippen molar-refractivity contribution in [2.24, 2.45) is 5.92 Å². The lowest BCUT2D eigenvalue weighted by Crippen LogP contribution is -2.30. The van der Waals surface area contributed by atoms with Gasteiger partial charge in [0.05, 0.1) is 19.6 Å². The van der Waals surface area contributed by atoms with Crippen molar-refractivity contribution in [3.63, 3.8) is 0 Å². The zero-order valence-corrected chi connectivity index (χ0v) is 15.0. The molecule has 2 aromatic carbocycles. The molecule has 3 nitrogen and oxygen atoms in total. The van der Waals surface area contributed by atoms with Crippen LogP contribution in [0.15, 0.2) is 48.5 Å². The fourth-order valence-corrected chi connectivity index (χ4v) is 2.92. The molecule has 0 saturated heterocycles. The third-order valence-corrected chi connectivity index (χ3v) is 4.07. The van der Waals surface area contributed by atoms with Crippen LogP contribution in [0.1, 0.15) is 43.0 Å². The van der Waals surface area contributed by atoms with Gasteiger partial charge in [0.1, 0.15) is 5.75 Å². The van der Waals surface area contributed by atoms with Crippen LogP contribution < -0.4 is 10.1 Å². The standard InChI is InChI=1S/C21H27NO2/c1-15(2)12-19(18-8-6-5-7-9-18)22-21(23)14-17-10-11-20(24-4)16(3)13-17/h5-11,13,15,19H,12,14H2,1-4H3,(H,22,23)/t19-/m0/s1. The lowest BCUT2D eigenvalue weighted by molar-refractivity contribution is -0.121. The summed E-state index contributed by atoms with van der Waals surface area (Å²) in [7, 11) is 1.66. The highest BCUT2D eigenvalue weighted by atomic mass is 16.5.